The van der Waals surface area contributed by atoms with Crippen molar-refractivity contribution in [1.29, 1.82) is 0 Å². The van der Waals surface area contributed by atoms with Crippen molar-refractivity contribution in [3.8, 4) is 11.4 Å². The van der Waals surface area contributed by atoms with Gasteiger partial charge in [-0.3, -0.25) is 30.4 Å². The van der Waals surface area contributed by atoms with Gasteiger partial charge in [0, 0.05) is 17.8 Å². The monoisotopic (exact) mass is 437 g/mol. The molecule has 0 aliphatic carbocycles. The van der Waals surface area contributed by atoms with E-state index in [0.29, 0.717) is 28.4 Å². The van der Waals surface area contributed by atoms with Crippen molar-refractivity contribution in [3.63, 3.8) is 0 Å². The van der Waals surface area contributed by atoms with Crippen LogP contribution in [0, 0.1) is 0 Å². The van der Waals surface area contributed by atoms with Crippen molar-refractivity contribution in [3.05, 3.63) is 89.9 Å². The third kappa shape index (κ3) is 4.38. The van der Waals surface area contributed by atoms with Crippen molar-refractivity contribution >= 4 is 22.7 Å². The normalized spacial score (nSPS) is 11.2. The summed E-state index contributed by atoms with van der Waals surface area (Å²) < 4.78 is 37.8. The molecule has 0 saturated heterocycles. The number of benzene rings is 1. The lowest BCUT2D eigenvalue weighted by molar-refractivity contribution is -0.141. The molecule has 2 N–H and O–H groups in total. The molecule has 4 rings (SSSR count). The first kappa shape index (κ1) is 20.9. The van der Waals surface area contributed by atoms with Crippen LogP contribution in [0.15, 0.2) is 73.1 Å². The number of hydrogen-bond donors (Lipinski definition) is 2. The zero-order valence-electron chi connectivity index (χ0n) is 16.2. The molecule has 0 atom stereocenters. The summed E-state index contributed by atoms with van der Waals surface area (Å²) in [5.74, 6) is -1.45. The van der Waals surface area contributed by atoms with Crippen LogP contribution in [-0.4, -0.2) is 26.8 Å². The molecule has 0 radical (unpaired) electrons. The van der Waals surface area contributed by atoms with E-state index >= 15 is 0 Å². The molecule has 0 fully saturated rings. The Morgan fingerprint density at radius 3 is 2.25 bits per heavy atom. The van der Waals surface area contributed by atoms with Crippen LogP contribution in [-0.2, 0) is 6.18 Å². The lowest BCUT2D eigenvalue weighted by Gasteiger charge is -2.11. The fraction of sp³-hybridized carbons (Fsp3) is 0.0455. The molecule has 4 aromatic rings. The van der Waals surface area contributed by atoms with Crippen LogP contribution in [0.1, 0.15) is 26.4 Å². The third-order valence-electron chi connectivity index (χ3n) is 4.49. The van der Waals surface area contributed by atoms with E-state index in [1.54, 1.807) is 54.7 Å². The summed E-state index contributed by atoms with van der Waals surface area (Å²) in [6, 6.07) is 15.5. The average molecular weight is 437 g/mol. The van der Waals surface area contributed by atoms with Gasteiger partial charge in [-0.25, -0.2) is 4.98 Å². The number of amides is 2. The lowest BCUT2D eigenvalue weighted by atomic mass is 10.1. The number of fused-ring (bicyclic) bond motifs is 1. The highest BCUT2D eigenvalue weighted by molar-refractivity contribution is 6.08. The number of carbonyl (C=O) groups is 2. The summed E-state index contributed by atoms with van der Waals surface area (Å²) in [5, 5.41) is 0.551. The number of aromatic nitrogens is 3. The Bertz CT molecular complexity index is 1290. The molecule has 0 spiro atoms. The predicted octanol–water partition coefficient (Wildman–Crippen LogP) is 3.79. The summed E-state index contributed by atoms with van der Waals surface area (Å²) in [6.45, 7) is 0. The van der Waals surface area contributed by atoms with Crippen molar-refractivity contribution in [2.75, 3.05) is 0 Å². The molecule has 160 valence electrons. The van der Waals surface area contributed by atoms with E-state index in [1.165, 1.54) is 0 Å². The van der Waals surface area contributed by atoms with Crippen LogP contribution < -0.4 is 10.9 Å². The fourth-order valence-corrected chi connectivity index (χ4v) is 2.96. The van der Waals surface area contributed by atoms with Crippen LogP contribution in [0.5, 0.6) is 0 Å². The predicted molar refractivity (Wildman–Crippen MR) is 109 cm³/mol. The number of nitrogens with one attached hydrogen (secondary N) is 2. The van der Waals surface area contributed by atoms with Gasteiger partial charge in [-0.15, -0.1) is 0 Å². The van der Waals surface area contributed by atoms with Crippen LogP contribution >= 0.6 is 0 Å². The maximum Gasteiger partial charge on any atom is 0.433 e. The number of rotatable bonds is 3. The van der Waals surface area contributed by atoms with Crippen LogP contribution in [0.4, 0.5) is 13.2 Å². The molecule has 0 unspecified atom stereocenters. The molecule has 3 aromatic heterocycles. The van der Waals surface area contributed by atoms with Crippen molar-refractivity contribution in [1.82, 2.24) is 25.8 Å². The highest BCUT2D eigenvalue weighted by atomic mass is 19.4. The second-order valence-corrected chi connectivity index (χ2v) is 6.63. The number of hydrogen-bond acceptors (Lipinski definition) is 5. The van der Waals surface area contributed by atoms with Crippen LogP contribution in [0.2, 0.25) is 0 Å². The van der Waals surface area contributed by atoms with E-state index in [-0.39, 0.29) is 11.1 Å². The Morgan fingerprint density at radius 2 is 1.56 bits per heavy atom. The van der Waals surface area contributed by atoms with Crippen LogP contribution in [0.3, 0.4) is 0 Å². The van der Waals surface area contributed by atoms with E-state index in [4.69, 9.17) is 0 Å². The summed E-state index contributed by atoms with van der Waals surface area (Å²) >= 11 is 0. The van der Waals surface area contributed by atoms with Crippen molar-refractivity contribution in [2.24, 2.45) is 0 Å². The second-order valence-electron chi connectivity index (χ2n) is 6.63. The minimum Gasteiger partial charge on any atom is -0.267 e. The average Bonchev–Trinajstić information content (AvgIpc) is 2.81. The zero-order valence-corrected chi connectivity index (χ0v) is 16.2. The second kappa shape index (κ2) is 8.42. The van der Waals surface area contributed by atoms with Gasteiger partial charge in [0.05, 0.1) is 28.0 Å². The van der Waals surface area contributed by atoms with Gasteiger partial charge in [0.1, 0.15) is 5.69 Å². The number of pyridine rings is 3. The third-order valence-corrected chi connectivity index (χ3v) is 4.49. The Labute approximate surface area is 179 Å². The van der Waals surface area contributed by atoms with Crippen molar-refractivity contribution in [2.45, 2.75) is 6.18 Å². The van der Waals surface area contributed by atoms with E-state index in [1.807, 2.05) is 0 Å². The summed E-state index contributed by atoms with van der Waals surface area (Å²) in [6.07, 6.45) is -2.23. The first-order valence-electron chi connectivity index (χ1n) is 9.28. The topological polar surface area (TPSA) is 96.9 Å². The Kier molecular flexibility index (Phi) is 5.50. The maximum absolute atomic E-state index is 12.8. The van der Waals surface area contributed by atoms with Gasteiger partial charge in [0.2, 0.25) is 0 Å². The number of carbonyl (C=O) groups excluding carboxylic acids is 2. The maximum atomic E-state index is 12.8. The number of alkyl halides is 3. The number of para-hydroxylation sites is 1. The summed E-state index contributed by atoms with van der Waals surface area (Å²) in [7, 11) is 0. The minimum absolute atomic E-state index is 0.146. The van der Waals surface area contributed by atoms with E-state index in [0.717, 1.165) is 12.3 Å². The van der Waals surface area contributed by atoms with Crippen molar-refractivity contribution < 1.29 is 22.8 Å². The fourth-order valence-electron chi connectivity index (χ4n) is 2.96. The molecule has 0 aliphatic rings. The Hall–Kier alpha value is -4.34. The standard InChI is InChI=1S/C22H14F3N5O2/c23-22(24,25)19-9-8-13(12-27-19)20(31)29-30-21(32)15-11-18(17-7-3-4-10-26-17)28-16-6-2-1-5-14(15)16/h1-12H,(H,29,31)(H,30,32). The van der Waals surface area contributed by atoms with E-state index < -0.39 is 23.7 Å². The number of hydrazine groups is 1. The van der Waals surface area contributed by atoms with Crippen LogP contribution in [0.25, 0.3) is 22.3 Å². The first-order valence-corrected chi connectivity index (χ1v) is 9.28. The molecule has 2 amide bonds. The van der Waals surface area contributed by atoms with Gasteiger partial charge >= 0.3 is 6.18 Å². The molecule has 3 heterocycles. The lowest BCUT2D eigenvalue weighted by Crippen LogP contribution is -2.41. The molecule has 7 nitrogen and oxygen atoms in total. The van der Waals surface area contributed by atoms with E-state index in [9.17, 15) is 22.8 Å². The number of nitrogens with zero attached hydrogens (tertiary/aromatic N) is 3. The smallest absolute Gasteiger partial charge is 0.267 e. The highest BCUT2D eigenvalue weighted by Crippen LogP contribution is 2.27. The molecule has 10 heteroatoms. The SMILES string of the molecule is O=C(NNC(=O)c1cc(-c2ccccn2)nc2ccccc12)c1ccc(C(F)(F)F)nc1. The molecular weight excluding hydrogens is 423 g/mol. The summed E-state index contributed by atoms with van der Waals surface area (Å²) in [5.41, 5.74) is 5.01. The zero-order chi connectivity index (χ0) is 22.7. The Balaban J connectivity index is 1.57. The van der Waals surface area contributed by atoms with Gasteiger partial charge < -0.3 is 0 Å². The summed E-state index contributed by atoms with van der Waals surface area (Å²) in [4.78, 5) is 37.1. The quantitative estimate of drug-likeness (QED) is 0.476. The largest absolute Gasteiger partial charge is 0.433 e. The van der Waals surface area contributed by atoms with Gasteiger partial charge in [-0.2, -0.15) is 13.2 Å². The highest BCUT2D eigenvalue weighted by Gasteiger charge is 2.32. The van der Waals surface area contributed by atoms with E-state index in [2.05, 4.69) is 25.8 Å². The minimum atomic E-state index is -4.61. The number of halogens is 3. The molecule has 0 saturated carbocycles. The molecular formula is C22H14F3N5O2. The molecule has 32 heavy (non-hydrogen) atoms. The first-order chi connectivity index (χ1) is 15.3. The van der Waals surface area contributed by atoms with Gasteiger partial charge in [0.25, 0.3) is 11.8 Å². The molecule has 1 aromatic carbocycles. The van der Waals surface area contributed by atoms with Gasteiger partial charge in [-0.05, 0) is 36.4 Å². The van der Waals surface area contributed by atoms with Gasteiger partial charge in [0.15, 0.2) is 0 Å². The molecule has 0 bridgehead atoms. The van der Waals surface area contributed by atoms with Gasteiger partial charge in [-0.1, -0.05) is 24.3 Å². The Morgan fingerprint density at radius 1 is 0.812 bits per heavy atom. The molecule has 0 aliphatic heterocycles.